The Hall–Kier alpha value is -2.08. The largest absolute Gasteiger partial charge is 0.476 e. The molecule has 1 aromatic heterocycles. The molecule has 1 aromatic carbocycles. The standard InChI is InChI=1S/C9H5ClN2O4/c10-5-1-2-6-7(3-5)11(15)4-8(9(13)14)12(6)16/h1-4,16H/p+1. The average molecular weight is 242 g/mol. The molecule has 0 radical (unpaired) electrons. The molecular weight excluding hydrogens is 236 g/mol. The summed E-state index contributed by atoms with van der Waals surface area (Å²) in [7, 11) is 0. The van der Waals surface area contributed by atoms with Crippen LogP contribution in [0.1, 0.15) is 10.5 Å². The van der Waals surface area contributed by atoms with Crippen molar-refractivity contribution in [3.8, 4) is 0 Å². The molecular formula is C9H6ClN2O4+. The SMILES string of the molecule is O=C(O)c1c[n+](=O)c2cc(Cl)ccc2n1O. The molecule has 0 aliphatic rings. The third-order valence-electron chi connectivity index (χ3n) is 2.09. The van der Waals surface area contributed by atoms with Gasteiger partial charge in [-0.1, -0.05) is 11.6 Å². The Morgan fingerprint density at radius 3 is 2.75 bits per heavy atom. The van der Waals surface area contributed by atoms with Crippen LogP contribution in [0.25, 0.3) is 11.0 Å². The second-order valence-corrected chi connectivity index (χ2v) is 3.53. The van der Waals surface area contributed by atoms with Gasteiger partial charge in [0, 0.05) is 16.0 Å². The van der Waals surface area contributed by atoms with E-state index in [9.17, 15) is 14.9 Å². The monoisotopic (exact) mass is 241 g/mol. The number of halogens is 1. The Kier molecular flexibility index (Phi) is 2.28. The molecule has 0 bridgehead atoms. The van der Waals surface area contributed by atoms with Gasteiger partial charge in [0.1, 0.15) is 0 Å². The van der Waals surface area contributed by atoms with Crippen molar-refractivity contribution in [1.82, 2.24) is 4.73 Å². The molecule has 2 rings (SSSR count). The highest BCUT2D eigenvalue weighted by molar-refractivity contribution is 6.31. The lowest BCUT2D eigenvalue weighted by Gasteiger charge is -2.01. The molecule has 82 valence electrons. The van der Waals surface area contributed by atoms with Crippen LogP contribution in [-0.4, -0.2) is 21.0 Å². The number of nitrogens with zero attached hydrogens (tertiary/aromatic N) is 2. The van der Waals surface area contributed by atoms with Gasteiger partial charge in [0.2, 0.25) is 5.69 Å². The van der Waals surface area contributed by atoms with Crippen molar-refractivity contribution in [2.75, 3.05) is 0 Å². The van der Waals surface area contributed by atoms with E-state index in [0.29, 0.717) is 14.2 Å². The summed E-state index contributed by atoms with van der Waals surface area (Å²) in [6.45, 7) is 0. The zero-order valence-corrected chi connectivity index (χ0v) is 8.55. The molecule has 0 saturated carbocycles. The van der Waals surface area contributed by atoms with Gasteiger partial charge in [0.15, 0.2) is 5.52 Å². The van der Waals surface area contributed by atoms with Crippen LogP contribution in [0.15, 0.2) is 24.4 Å². The highest BCUT2D eigenvalue weighted by Crippen LogP contribution is 2.16. The lowest BCUT2D eigenvalue weighted by atomic mass is 10.3. The van der Waals surface area contributed by atoms with Crippen LogP contribution in [0.4, 0.5) is 0 Å². The summed E-state index contributed by atoms with van der Waals surface area (Å²) >= 11 is 5.69. The van der Waals surface area contributed by atoms with Crippen molar-refractivity contribution < 1.29 is 19.5 Å². The normalized spacial score (nSPS) is 10.6. The molecule has 2 N–H and O–H groups in total. The summed E-state index contributed by atoms with van der Waals surface area (Å²) in [5.41, 5.74) is -0.371. The Bertz CT molecular complexity index is 650. The molecule has 0 fully saturated rings. The molecule has 0 amide bonds. The van der Waals surface area contributed by atoms with Crippen LogP contribution in [0.3, 0.4) is 0 Å². The fourth-order valence-electron chi connectivity index (χ4n) is 1.36. The van der Waals surface area contributed by atoms with Crippen molar-refractivity contribution >= 4 is 28.6 Å². The van der Waals surface area contributed by atoms with Gasteiger partial charge >= 0.3 is 5.97 Å². The second-order valence-electron chi connectivity index (χ2n) is 3.09. The van der Waals surface area contributed by atoms with Crippen molar-refractivity contribution in [2.45, 2.75) is 0 Å². The molecule has 0 spiro atoms. The first-order chi connectivity index (χ1) is 7.50. The molecule has 0 saturated heterocycles. The summed E-state index contributed by atoms with van der Waals surface area (Å²) in [4.78, 5) is 22.2. The van der Waals surface area contributed by atoms with Crippen LogP contribution >= 0.6 is 11.6 Å². The van der Waals surface area contributed by atoms with E-state index < -0.39 is 11.7 Å². The Morgan fingerprint density at radius 2 is 2.12 bits per heavy atom. The smallest absolute Gasteiger partial charge is 0.362 e. The predicted molar refractivity (Wildman–Crippen MR) is 54.5 cm³/mol. The Morgan fingerprint density at radius 1 is 1.44 bits per heavy atom. The molecule has 6 nitrogen and oxygen atoms in total. The second kappa shape index (κ2) is 3.49. The van der Waals surface area contributed by atoms with Crippen LogP contribution in [0.2, 0.25) is 5.02 Å². The van der Waals surface area contributed by atoms with E-state index in [-0.39, 0.29) is 11.0 Å². The third-order valence-corrected chi connectivity index (χ3v) is 2.33. The molecule has 0 aliphatic carbocycles. The maximum Gasteiger partial charge on any atom is 0.362 e. The van der Waals surface area contributed by atoms with Gasteiger partial charge in [0.05, 0.1) is 4.43 Å². The minimum atomic E-state index is -1.40. The zero-order chi connectivity index (χ0) is 11.9. The Balaban J connectivity index is 2.96. The summed E-state index contributed by atoms with van der Waals surface area (Å²) in [6, 6.07) is 4.14. The quantitative estimate of drug-likeness (QED) is 0.579. The lowest BCUT2D eigenvalue weighted by molar-refractivity contribution is -0.465. The maximum absolute atomic E-state index is 11.5. The number of benzene rings is 1. The number of carboxylic acid groups (broad SMARTS) is 1. The maximum atomic E-state index is 11.5. The average Bonchev–Trinajstić information content (AvgIpc) is 2.22. The molecule has 1 heterocycles. The predicted octanol–water partition coefficient (Wildman–Crippen LogP) is 1.14. The lowest BCUT2D eigenvalue weighted by Crippen LogP contribution is -2.23. The van der Waals surface area contributed by atoms with Crippen LogP contribution in [0.5, 0.6) is 0 Å². The van der Waals surface area contributed by atoms with Gasteiger partial charge in [-0.05, 0) is 12.1 Å². The fourth-order valence-corrected chi connectivity index (χ4v) is 1.53. The molecule has 0 atom stereocenters. The summed E-state index contributed by atoms with van der Waals surface area (Å²) in [5.74, 6) is -1.40. The van der Waals surface area contributed by atoms with Crippen molar-refractivity contribution in [2.24, 2.45) is 0 Å². The van der Waals surface area contributed by atoms with Crippen LogP contribution < -0.4 is 4.43 Å². The van der Waals surface area contributed by atoms with Gasteiger partial charge in [-0.25, -0.2) is 4.79 Å². The number of hydrogen-bond donors (Lipinski definition) is 2. The number of carboxylic acids is 1. The first-order valence-electron chi connectivity index (χ1n) is 4.21. The van der Waals surface area contributed by atoms with Crippen LogP contribution in [0, 0.1) is 4.91 Å². The van der Waals surface area contributed by atoms with E-state index >= 15 is 0 Å². The van der Waals surface area contributed by atoms with Crippen LogP contribution in [-0.2, 0) is 0 Å². The summed E-state index contributed by atoms with van der Waals surface area (Å²) in [5, 5.41) is 18.6. The molecule has 16 heavy (non-hydrogen) atoms. The van der Waals surface area contributed by atoms with E-state index in [0.717, 1.165) is 6.20 Å². The van der Waals surface area contributed by atoms with Gasteiger partial charge in [-0.3, -0.25) is 0 Å². The molecule has 0 aliphatic heterocycles. The minimum absolute atomic E-state index is 0.0688. The number of aromatic nitrogens is 2. The van der Waals surface area contributed by atoms with Gasteiger partial charge < -0.3 is 10.3 Å². The van der Waals surface area contributed by atoms with Crippen molar-refractivity contribution in [3.63, 3.8) is 0 Å². The first kappa shape index (κ1) is 10.4. The minimum Gasteiger partial charge on any atom is -0.476 e. The number of hydrogen-bond acceptors (Lipinski definition) is 3. The van der Waals surface area contributed by atoms with E-state index in [1.54, 1.807) is 0 Å². The zero-order valence-electron chi connectivity index (χ0n) is 7.79. The Labute approximate surface area is 93.5 Å². The van der Waals surface area contributed by atoms with Gasteiger partial charge in [0.25, 0.3) is 11.7 Å². The number of aromatic carboxylic acids is 1. The van der Waals surface area contributed by atoms with Gasteiger partial charge in [-0.15, -0.1) is 0 Å². The first-order valence-corrected chi connectivity index (χ1v) is 4.58. The highest BCUT2D eigenvalue weighted by Gasteiger charge is 2.20. The highest BCUT2D eigenvalue weighted by atomic mass is 35.5. The third kappa shape index (κ3) is 1.49. The summed E-state index contributed by atoms with van der Waals surface area (Å²) < 4.78 is 0.778. The van der Waals surface area contributed by atoms with E-state index in [4.69, 9.17) is 16.7 Å². The summed E-state index contributed by atoms with van der Waals surface area (Å²) in [6.07, 6.45) is 0.765. The molecule has 2 aromatic rings. The number of fused-ring (bicyclic) bond motifs is 1. The van der Waals surface area contributed by atoms with Crippen molar-refractivity contribution in [3.05, 3.63) is 40.0 Å². The molecule has 7 heteroatoms. The topological polar surface area (TPSA) is 85.4 Å². The van der Waals surface area contributed by atoms with Crippen molar-refractivity contribution in [1.29, 1.82) is 0 Å². The van der Waals surface area contributed by atoms with E-state index in [2.05, 4.69) is 0 Å². The fraction of sp³-hybridized carbons (Fsp3) is 0. The number of rotatable bonds is 1. The molecule has 0 unspecified atom stereocenters. The van der Waals surface area contributed by atoms with E-state index in [1.807, 2.05) is 0 Å². The number of carbonyl (C=O) groups is 1. The van der Waals surface area contributed by atoms with Gasteiger partial charge in [-0.2, -0.15) is 4.73 Å². The van der Waals surface area contributed by atoms with E-state index in [1.165, 1.54) is 18.2 Å².